The van der Waals surface area contributed by atoms with Crippen LogP contribution in [0, 0.1) is 27.7 Å². The van der Waals surface area contributed by atoms with Crippen LogP contribution in [0.15, 0.2) is 66.7 Å². The zero-order valence-electron chi connectivity index (χ0n) is 27.1. The van der Waals surface area contributed by atoms with E-state index in [1.807, 2.05) is 24.3 Å². The number of aliphatic carboxylic acids is 1. The maximum absolute atomic E-state index is 12.4. The minimum absolute atomic E-state index is 0. The van der Waals surface area contributed by atoms with E-state index in [0.29, 0.717) is 16.4 Å². The van der Waals surface area contributed by atoms with Crippen molar-refractivity contribution in [2.24, 2.45) is 0 Å². The van der Waals surface area contributed by atoms with Crippen LogP contribution in [0.2, 0.25) is 10.0 Å². The third-order valence-corrected chi connectivity index (χ3v) is 6.86. The van der Waals surface area contributed by atoms with Crippen molar-refractivity contribution in [3.8, 4) is 11.4 Å². The van der Waals surface area contributed by atoms with Gasteiger partial charge in [-0.1, -0.05) is 30.6 Å². The highest BCUT2D eigenvalue weighted by Gasteiger charge is 2.33. The van der Waals surface area contributed by atoms with Gasteiger partial charge >= 0.3 is 24.5 Å². The quantitative estimate of drug-likeness (QED) is 0.119. The number of halogens is 12. The van der Waals surface area contributed by atoms with Crippen molar-refractivity contribution in [3.05, 3.63) is 105 Å². The lowest BCUT2D eigenvalue weighted by Crippen LogP contribution is -2.15. The Balaban J connectivity index is 0.000000726. The molecule has 2 heterocycles. The molecule has 0 aliphatic heterocycles. The number of carboxylic acid groups (broad SMARTS) is 1. The second kappa shape index (κ2) is 20.3. The Hall–Kier alpha value is -3.95. The SMILES string of the molecule is C.Cc1cc(C(=O)CC(F)(F)F)c(C)n1-c1ccc(Cl)cc1.Cc1ccc(C)n1-c1ccc(Cl)cc1.O=C(Cl)CC(F)(F)F.O=C(O)CC(F)(F)F. The summed E-state index contributed by atoms with van der Waals surface area (Å²) >= 11 is 16.1. The Morgan fingerprint density at radius 3 is 1.25 bits per heavy atom. The maximum atomic E-state index is 12.4. The van der Waals surface area contributed by atoms with E-state index in [0.717, 1.165) is 16.4 Å². The zero-order valence-corrected chi connectivity index (χ0v) is 29.3. The van der Waals surface area contributed by atoms with Crippen LogP contribution < -0.4 is 0 Å². The van der Waals surface area contributed by atoms with Crippen molar-refractivity contribution in [1.82, 2.24) is 9.13 Å². The van der Waals surface area contributed by atoms with Crippen molar-refractivity contribution < 1.29 is 59.0 Å². The molecule has 0 unspecified atom stereocenters. The van der Waals surface area contributed by atoms with Gasteiger partial charge in [-0.3, -0.25) is 14.4 Å². The van der Waals surface area contributed by atoms with Gasteiger partial charge in [0.2, 0.25) is 5.24 Å². The Kier molecular flexibility index (Phi) is 18.8. The Bertz CT molecular complexity index is 1720. The first kappa shape index (κ1) is 48.1. The smallest absolute Gasteiger partial charge is 0.399 e. The lowest BCUT2D eigenvalue weighted by molar-refractivity contribution is -0.166. The Morgan fingerprint density at radius 1 is 0.596 bits per heavy atom. The van der Waals surface area contributed by atoms with Crippen molar-refractivity contribution in [2.45, 2.75) is 72.9 Å². The van der Waals surface area contributed by atoms with E-state index in [2.05, 4.69) is 42.1 Å². The van der Waals surface area contributed by atoms with Crippen LogP contribution in [0.3, 0.4) is 0 Å². The molecule has 2 aromatic carbocycles. The van der Waals surface area contributed by atoms with Gasteiger partial charge in [0.05, 0.1) is 0 Å². The molecule has 0 amide bonds. The van der Waals surface area contributed by atoms with Gasteiger partial charge in [-0.2, -0.15) is 39.5 Å². The summed E-state index contributed by atoms with van der Waals surface area (Å²) in [5, 5.41) is 7.49. The molecule has 0 aliphatic carbocycles. The molecule has 0 radical (unpaired) electrons. The topological polar surface area (TPSA) is 81.3 Å². The number of hydrogen-bond acceptors (Lipinski definition) is 3. The summed E-state index contributed by atoms with van der Waals surface area (Å²) in [6, 6.07) is 20.5. The van der Waals surface area contributed by atoms with Crippen LogP contribution in [0.25, 0.3) is 11.4 Å². The van der Waals surface area contributed by atoms with Gasteiger partial charge in [0.25, 0.3) is 0 Å². The molecule has 0 spiro atoms. The molecule has 52 heavy (non-hydrogen) atoms. The summed E-state index contributed by atoms with van der Waals surface area (Å²) < 4.78 is 107. The van der Waals surface area contributed by atoms with Crippen LogP contribution >= 0.6 is 34.8 Å². The van der Waals surface area contributed by atoms with E-state index >= 15 is 0 Å². The number of benzene rings is 2. The minimum atomic E-state index is -4.58. The van der Waals surface area contributed by atoms with Crippen LogP contribution in [0.4, 0.5) is 39.5 Å². The van der Waals surface area contributed by atoms with Gasteiger partial charge in [0.1, 0.15) is 19.3 Å². The molecule has 288 valence electrons. The summed E-state index contributed by atoms with van der Waals surface area (Å²) in [5.41, 5.74) is 5.67. The Morgan fingerprint density at radius 2 is 0.962 bits per heavy atom. The third kappa shape index (κ3) is 18.0. The number of carbonyl (C=O) groups is 3. The number of hydrogen-bond donors (Lipinski definition) is 1. The van der Waals surface area contributed by atoms with Crippen LogP contribution in [0.1, 0.15) is 59.8 Å². The number of rotatable bonds is 6. The molecule has 2 aromatic heterocycles. The number of aromatic nitrogens is 2. The number of nitrogens with zero attached hydrogens (tertiary/aromatic N) is 2. The maximum Gasteiger partial charge on any atom is 0.399 e. The molecular formula is C34H34Cl3F9N2O4. The second-order valence-electron chi connectivity index (χ2n) is 10.6. The Labute approximate surface area is 308 Å². The first-order valence-electron chi connectivity index (χ1n) is 14.2. The fourth-order valence-corrected chi connectivity index (χ4v) is 4.71. The van der Waals surface area contributed by atoms with Gasteiger partial charge in [-0.15, -0.1) is 0 Å². The van der Waals surface area contributed by atoms with Gasteiger partial charge in [-0.25, -0.2) is 0 Å². The number of alkyl halides is 9. The molecule has 0 saturated heterocycles. The van der Waals surface area contributed by atoms with Crippen molar-refractivity contribution in [1.29, 1.82) is 0 Å². The minimum Gasteiger partial charge on any atom is -0.481 e. The van der Waals surface area contributed by atoms with E-state index in [4.69, 9.17) is 28.3 Å². The fraction of sp³-hybridized carbons (Fsp3) is 0.324. The predicted molar refractivity (Wildman–Crippen MR) is 182 cm³/mol. The average Bonchev–Trinajstić information content (AvgIpc) is 3.43. The molecule has 18 heteroatoms. The summed E-state index contributed by atoms with van der Waals surface area (Å²) in [5.74, 6) is -2.77. The highest BCUT2D eigenvalue weighted by molar-refractivity contribution is 6.63. The highest BCUT2D eigenvalue weighted by atomic mass is 35.5. The normalized spacial score (nSPS) is 11.1. The lowest BCUT2D eigenvalue weighted by Gasteiger charge is -2.10. The van der Waals surface area contributed by atoms with Crippen molar-refractivity contribution in [2.75, 3.05) is 0 Å². The number of ketones is 1. The number of Topliss-reactive ketones (excluding diaryl/α,β-unsaturated/α-hetero) is 1. The first-order chi connectivity index (χ1) is 23.2. The zero-order chi connectivity index (χ0) is 39.5. The molecule has 0 fully saturated rings. The molecule has 4 rings (SSSR count). The lowest BCUT2D eigenvalue weighted by atomic mass is 10.1. The number of carboxylic acids is 1. The molecule has 0 saturated carbocycles. The van der Waals surface area contributed by atoms with Gasteiger partial charge in [0, 0.05) is 49.8 Å². The first-order valence-corrected chi connectivity index (χ1v) is 15.3. The molecule has 0 atom stereocenters. The van der Waals surface area contributed by atoms with Gasteiger partial charge in [0.15, 0.2) is 5.78 Å². The van der Waals surface area contributed by atoms with Gasteiger partial charge < -0.3 is 14.2 Å². The summed E-state index contributed by atoms with van der Waals surface area (Å²) in [7, 11) is 0. The van der Waals surface area contributed by atoms with E-state index < -0.39 is 54.8 Å². The largest absolute Gasteiger partial charge is 0.481 e. The van der Waals surface area contributed by atoms with Crippen molar-refractivity contribution in [3.63, 3.8) is 0 Å². The van der Waals surface area contributed by atoms with Crippen LogP contribution in [0.5, 0.6) is 0 Å². The molecule has 6 nitrogen and oxygen atoms in total. The van der Waals surface area contributed by atoms with E-state index in [-0.39, 0.29) is 13.0 Å². The molecule has 1 N–H and O–H groups in total. The summed E-state index contributed by atoms with van der Waals surface area (Å²) in [6.07, 6.45) is -18.3. The highest BCUT2D eigenvalue weighted by Crippen LogP contribution is 2.27. The molecular weight excluding hydrogens is 778 g/mol. The summed E-state index contributed by atoms with van der Waals surface area (Å²) in [6.45, 7) is 7.57. The second-order valence-corrected chi connectivity index (χ2v) is 11.9. The number of carbonyl (C=O) groups excluding carboxylic acids is 2. The molecule has 0 aliphatic rings. The average molecular weight is 812 g/mol. The molecule has 4 aromatic rings. The van der Waals surface area contributed by atoms with Crippen LogP contribution in [-0.4, -0.2) is 49.8 Å². The van der Waals surface area contributed by atoms with E-state index in [1.165, 1.54) is 17.5 Å². The van der Waals surface area contributed by atoms with E-state index in [9.17, 15) is 53.9 Å². The van der Waals surface area contributed by atoms with Crippen LogP contribution in [-0.2, 0) is 9.59 Å². The molecule has 0 bridgehead atoms. The van der Waals surface area contributed by atoms with Crippen molar-refractivity contribution >= 4 is 51.8 Å². The van der Waals surface area contributed by atoms with E-state index in [1.54, 1.807) is 42.7 Å². The fourth-order valence-electron chi connectivity index (χ4n) is 4.30. The number of aryl methyl sites for hydroxylation is 3. The standard InChI is InChI=1S/C15H13ClF3NO.C12H12ClN.C3H2ClF3O.C3H3F3O2.CH4/c1-9-7-13(14(21)8-15(17,18)19)10(2)20(9)12-5-3-11(16)4-6-12;1-9-3-4-10(2)14(9)12-7-5-11(13)6-8-12;4-2(8)1-3(5,6)7;4-3(5,6)1-2(7)8;/h3-7H,8H2,1-2H3;3-8H,1-2H3;1H2;1H2,(H,7,8);1H4. The monoisotopic (exact) mass is 810 g/mol. The third-order valence-electron chi connectivity index (χ3n) is 6.22. The van der Waals surface area contributed by atoms with Gasteiger partial charge in [-0.05, 0) is 106 Å². The predicted octanol–water partition coefficient (Wildman–Crippen LogP) is 12.0. The summed E-state index contributed by atoms with van der Waals surface area (Å²) in [4.78, 5) is 30.6.